The number of hydroxylamine groups is 2. The standard InChI is InChI=1S/C20H23F3N4O5/c1-25-15-11-12(5-3-2-4-10-24)6-7-13(15)26(19(25)31)14-8-9-16(28)27(17(14)29)32-18(30)20(21,22)23/h6-7,11,14H,2-5,8-10,24H2,1H3. The molecule has 2 amide bonds. The van der Waals surface area contributed by atoms with Gasteiger partial charge in [0.25, 0.3) is 11.8 Å². The maximum atomic E-state index is 12.9. The molecule has 0 bridgehead atoms. The van der Waals surface area contributed by atoms with E-state index >= 15 is 0 Å². The summed E-state index contributed by atoms with van der Waals surface area (Å²) in [6, 6.07) is 3.99. The first-order valence-corrected chi connectivity index (χ1v) is 10.1. The Morgan fingerprint density at radius 1 is 1.16 bits per heavy atom. The summed E-state index contributed by atoms with van der Waals surface area (Å²) in [5, 5.41) is -0.193. The number of aryl methyl sites for hydroxylation is 2. The molecule has 0 aliphatic carbocycles. The number of aromatic nitrogens is 2. The van der Waals surface area contributed by atoms with E-state index in [1.807, 2.05) is 6.07 Å². The van der Waals surface area contributed by atoms with Crippen molar-refractivity contribution in [1.29, 1.82) is 0 Å². The number of unbranched alkanes of at least 4 members (excludes halogenated alkanes) is 2. The highest BCUT2D eigenvalue weighted by atomic mass is 19.4. The number of imide groups is 1. The summed E-state index contributed by atoms with van der Waals surface area (Å²) in [6.07, 6.45) is -2.31. The Balaban J connectivity index is 1.92. The van der Waals surface area contributed by atoms with Crippen LogP contribution < -0.4 is 11.4 Å². The lowest BCUT2D eigenvalue weighted by molar-refractivity contribution is -0.238. The zero-order valence-electron chi connectivity index (χ0n) is 17.4. The van der Waals surface area contributed by atoms with Gasteiger partial charge in [-0.25, -0.2) is 9.59 Å². The number of amides is 2. The molecule has 9 nitrogen and oxygen atoms in total. The Bertz CT molecular complexity index is 1110. The second kappa shape index (κ2) is 9.15. The van der Waals surface area contributed by atoms with Gasteiger partial charge in [0.2, 0.25) is 0 Å². The SMILES string of the molecule is Cn1c(=O)n(C2CCC(=O)N(OC(=O)C(F)(F)F)C2=O)c2ccc(CCCCCN)cc21. The van der Waals surface area contributed by atoms with Crippen LogP contribution in [0, 0.1) is 0 Å². The van der Waals surface area contributed by atoms with E-state index < -0.39 is 35.7 Å². The number of alkyl halides is 3. The molecular weight excluding hydrogens is 433 g/mol. The van der Waals surface area contributed by atoms with Crippen molar-refractivity contribution in [3.63, 3.8) is 0 Å². The average Bonchev–Trinajstić information content (AvgIpc) is 2.98. The molecule has 174 valence electrons. The van der Waals surface area contributed by atoms with E-state index in [0.29, 0.717) is 17.6 Å². The lowest BCUT2D eigenvalue weighted by Gasteiger charge is -2.29. The third kappa shape index (κ3) is 4.54. The van der Waals surface area contributed by atoms with Gasteiger partial charge in [-0.1, -0.05) is 12.5 Å². The number of hydrogen-bond donors (Lipinski definition) is 1. The molecule has 1 aromatic carbocycles. The normalized spacial score (nSPS) is 17.3. The topological polar surface area (TPSA) is 117 Å². The predicted molar refractivity (Wildman–Crippen MR) is 106 cm³/mol. The molecule has 2 N–H and O–H groups in total. The Morgan fingerprint density at radius 3 is 2.53 bits per heavy atom. The number of benzene rings is 1. The van der Waals surface area contributed by atoms with Gasteiger partial charge in [0, 0.05) is 13.5 Å². The second-order valence-electron chi connectivity index (χ2n) is 7.59. The van der Waals surface area contributed by atoms with Gasteiger partial charge in [-0.15, -0.1) is 5.06 Å². The summed E-state index contributed by atoms with van der Waals surface area (Å²) >= 11 is 0. The molecule has 1 aromatic heterocycles. The lowest BCUT2D eigenvalue weighted by Crippen LogP contribution is -2.49. The van der Waals surface area contributed by atoms with Gasteiger partial charge in [-0.3, -0.25) is 18.7 Å². The maximum absolute atomic E-state index is 12.9. The summed E-state index contributed by atoms with van der Waals surface area (Å²) in [5.74, 6) is -4.99. The molecular formula is C20H23F3N4O5. The van der Waals surface area contributed by atoms with Crippen LogP contribution in [0.5, 0.6) is 0 Å². The van der Waals surface area contributed by atoms with Gasteiger partial charge in [0.15, 0.2) is 0 Å². The summed E-state index contributed by atoms with van der Waals surface area (Å²) in [4.78, 5) is 52.7. The summed E-state index contributed by atoms with van der Waals surface area (Å²) < 4.78 is 40.1. The second-order valence-corrected chi connectivity index (χ2v) is 7.59. The quantitative estimate of drug-likeness (QED) is 0.501. The zero-order valence-corrected chi connectivity index (χ0v) is 17.4. The first-order valence-electron chi connectivity index (χ1n) is 10.1. The largest absolute Gasteiger partial charge is 0.493 e. The van der Waals surface area contributed by atoms with Crippen molar-refractivity contribution in [3.8, 4) is 0 Å². The van der Waals surface area contributed by atoms with E-state index in [4.69, 9.17) is 5.73 Å². The number of carbonyl (C=O) groups is 3. The van der Waals surface area contributed by atoms with Crippen LogP contribution in [0.1, 0.15) is 43.7 Å². The van der Waals surface area contributed by atoms with Crippen molar-refractivity contribution >= 4 is 28.8 Å². The highest BCUT2D eigenvalue weighted by molar-refractivity contribution is 6.00. The summed E-state index contributed by atoms with van der Waals surface area (Å²) in [7, 11) is 1.51. The number of hydrogen-bond acceptors (Lipinski definition) is 6. The Kier molecular flexibility index (Phi) is 6.72. The fourth-order valence-electron chi connectivity index (χ4n) is 3.73. The maximum Gasteiger partial charge on any atom is 0.493 e. The van der Waals surface area contributed by atoms with Crippen molar-refractivity contribution in [2.45, 2.75) is 50.7 Å². The van der Waals surface area contributed by atoms with Crippen molar-refractivity contribution in [2.75, 3.05) is 6.54 Å². The summed E-state index contributed by atoms with van der Waals surface area (Å²) in [6.45, 7) is 0.615. The van der Waals surface area contributed by atoms with Crippen LogP contribution in [-0.2, 0) is 32.7 Å². The van der Waals surface area contributed by atoms with Gasteiger partial charge in [-0.05, 0) is 49.9 Å². The van der Waals surface area contributed by atoms with Crippen LogP contribution in [0.15, 0.2) is 23.0 Å². The highest BCUT2D eigenvalue weighted by Crippen LogP contribution is 2.29. The molecule has 2 aromatic rings. The van der Waals surface area contributed by atoms with E-state index in [-0.39, 0.29) is 17.9 Å². The Labute approximate surface area is 180 Å². The molecule has 1 saturated heterocycles. The minimum atomic E-state index is -5.38. The van der Waals surface area contributed by atoms with E-state index in [9.17, 15) is 32.3 Å². The number of fused-ring (bicyclic) bond motifs is 1. The van der Waals surface area contributed by atoms with Crippen molar-refractivity contribution < 1.29 is 32.4 Å². The van der Waals surface area contributed by atoms with Crippen LogP contribution >= 0.6 is 0 Å². The number of halogens is 3. The number of imidazole rings is 1. The molecule has 0 spiro atoms. The molecule has 3 rings (SSSR count). The molecule has 0 saturated carbocycles. The predicted octanol–water partition coefficient (Wildman–Crippen LogP) is 1.72. The third-order valence-electron chi connectivity index (χ3n) is 5.38. The molecule has 2 heterocycles. The van der Waals surface area contributed by atoms with E-state index in [2.05, 4.69) is 4.84 Å². The van der Waals surface area contributed by atoms with E-state index in [1.165, 1.54) is 11.6 Å². The van der Waals surface area contributed by atoms with Gasteiger partial charge in [0.05, 0.1) is 11.0 Å². The number of nitrogens with zero attached hydrogens (tertiary/aromatic N) is 3. The van der Waals surface area contributed by atoms with Crippen LogP contribution in [0.4, 0.5) is 13.2 Å². The zero-order chi connectivity index (χ0) is 23.6. The van der Waals surface area contributed by atoms with Gasteiger partial charge >= 0.3 is 17.8 Å². The summed E-state index contributed by atoms with van der Waals surface area (Å²) in [5.41, 5.74) is 6.82. The van der Waals surface area contributed by atoms with Crippen molar-refractivity contribution in [2.24, 2.45) is 12.8 Å². The smallest absolute Gasteiger partial charge is 0.330 e. The number of nitrogens with two attached hydrogens (primary N) is 1. The number of carbonyl (C=O) groups excluding carboxylic acids is 3. The molecule has 1 aliphatic rings. The fourth-order valence-corrected chi connectivity index (χ4v) is 3.73. The average molecular weight is 456 g/mol. The minimum absolute atomic E-state index is 0.113. The van der Waals surface area contributed by atoms with Crippen LogP contribution in [-0.4, -0.2) is 44.7 Å². The molecule has 1 atom stereocenters. The highest BCUT2D eigenvalue weighted by Gasteiger charge is 2.47. The van der Waals surface area contributed by atoms with Gasteiger partial charge in [-0.2, -0.15) is 13.2 Å². The fraction of sp³-hybridized carbons (Fsp3) is 0.500. The van der Waals surface area contributed by atoms with Crippen LogP contribution in [0.25, 0.3) is 11.0 Å². The molecule has 12 heteroatoms. The van der Waals surface area contributed by atoms with E-state index in [0.717, 1.165) is 35.8 Å². The Hall–Kier alpha value is -3.15. The van der Waals surface area contributed by atoms with Crippen molar-refractivity contribution in [1.82, 2.24) is 14.2 Å². The van der Waals surface area contributed by atoms with Crippen molar-refractivity contribution in [3.05, 3.63) is 34.2 Å². The molecule has 32 heavy (non-hydrogen) atoms. The number of rotatable bonds is 7. The van der Waals surface area contributed by atoms with Gasteiger partial charge in [0.1, 0.15) is 6.04 Å². The van der Waals surface area contributed by atoms with Crippen LogP contribution in [0.2, 0.25) is 0 Å². The van der Waals surface area contributed by atoms with E-state index in [1.54, 1.807) is 12.1 Å². The molecule has 1 aliphatic heterocycles. The first-order chi connectivity index (χ1) is 15.1. The lowest BCUT2D eigenvalue weighted by atomic mass is 10.0. The third-order valence-corrected chi connectivity index (χ3v) is 5.38. The molecule has 1 fully saturated rings. The molecule has 0 radical (unpaired) electrons. The van der Waals surface area contributed by atoms with Gasteiger partial charge < -0.3 is 10.6 Å². The monoisotopic (exact) mass is 456 g/mol. The number of piperidine rings is 1. The minimum Gasteiger partial charge on any atom is -0.330 e. The first kappa shape index (κ1) is 23.5. The molecule has 1 unspecified atom stereocenters. The Morgan fingerprint density at radius 2 is 1.88 bits per heavy atom. The van der Waals surface area contributed by atoms with Crippen LogP contribution in [0.3, 0.4) is 0 Å².